The van der Waals surface area contributed by atoms with Crippen molar-refractivity contribution in [3.8, 4) is 0 Å². The number of anilines is 1. The highest BCUT2D eigenvalue weighted by molar-refractivity contribution is 7.16. The molecule has 0 fully saturated rings. The predicted molar refractivity (Wildman–Crippen MR) is 87.5 cm³/mol. The number of carbonyl (C=O) groups is 2. The van der Waals surface area contributed by atoms with Crippen molar-refractivity contribution in [1.29, 1.82) is 0 Å². The maximum Gasteiger partial charge on any atom is 0.341 e. The Morgan fingerprint density at radius 3 is 2.57 bits per heavy atom. The van der Waals surface area contributed by atoms with Gasteiger partial charge in [-0.25, -0.2) is 4.79 Å². The normalized spacial score (nSPS) is 12.0. The number of ether oxygens (including phenoxy) is 1. The molecule has 0 saturated carbocycles. The minimum absolute atomic E-state index is 0.139. The second-order valence-electron chi connectivity index (χ2n) is 4.96. The van der Waals surface area contributed by atoms with Gasteiger partial charge in [0.05, 0.1) is 12.2 Å². The largest absolute Gasteiger partial charge is 0.462 e. The summed E-state index contributed by atoms with van der Waals surface area (Å²) in [6, 6.07) is 0. The van der Waals surface area contributed by atoms with Gasteiger partial charge < -0.3 is 10.1 Å². The van der Waals surface area contributed by atoms with Gasteiger partial charge in [0.15, 0.2) is 0 Å². The Hall–Kier alpha value is -1.07. The molecule has 1 unspecified atom stereocenters. The molecule has 0 aliphatic rings. The number of amides is 1. The first-order valence-corrected chi connectivity index (χ1v) is 8.44. The first-order valence-electron chi connectivity index (χ1n) is 7.09. The van der Waals surface area contributed by atoms with Crippen LogP contribution in [0.15, 0.2) is 0 Å². The number of esters is 1. The lowest BCUT2D eigenvalue weighted by atomic mass is 9.96. The zero-order chi connectivity index (χ0) is 16.0. The van der Waals surface area contributed by atoms with Crippen molar-refractivity contribution in [2.45, 2.75) is 40.5 Å². The molecule has 1 atom stereocenters. The van der Waals surface area contributed by atoms with Gasteiger partial charge >= 0.3 is 5.97 Å². The SMILES string of the molecule is CCOC(=O)c1c(NC(=O)CCl)sc(C)c1CC(C)CC. The van der Waals surface area contributed by atoms with E-state index in [-0.39, 0.29) is 17.8 Å². The van der Waals surface area contributed by atoms with E-state index in [0.29, 0.717) is 23.1 Å². The summed E-state index contributed by atoms with van der Waals surface area (Å²) in [5.41, 5.74) is 1.45. The number of halogens is 1. The Kier molecular flexibility index (Phi) is 7.18. The molecule has 21 heavy (non-hydrogen) atoms. The van der Waals surface area contributed by atoms with Crippen LogP contribution in [0.25, 0.3) is 0 Å². The Morgan fingerprint density at radius 2 is 2.05 bits per heavy atom. The summed E-state index contributed by atoms with van der Waals surface area (Å²) in [6.07, 6.45) is 1.82. The number of hydrogen-bond acceptors (Lipinski definition) is 4. The van der Waals surface area contributed by atoms with E-state index in [4.69, 9.17) is 16.3 Å². The molecule has 0 bridgehead atoms. The molecular formula is C15H22ClNO3S. The van der Waals surface area contributed by atoms with Crippen molar-refractivity contribution < 1.29 is 14.3 Å². The molecule has 1 aromatic rings. The molecule has 1 aromatic heterocycles. The summed E-state index contributed by atoms with van der Waals surface area (Å²) in [7, 11) is 0. The number of aryl methyl sites for hydroxylation is 1. The van der Waals surface area contributed by atoms with Crippen molar-refractivity contribution in [3.05, 3.63) is 16.0 Å². The van der Waals surface area contributed by atoms with Crippen LogP contribution in [0.3, 0.4) is 0 Å². The van der Waals surface area contributed by atoms with Crippen LogP contribution in [-0.4, -0.2) is 24.4 Å². The van der Waals surface area contributed by atoms with Gasteiger partial charge in [-0.15, -0.1) is 22.9 Å². The summed E-state index contributed by atoms with van der Waals surface area (Å²) in [5.74, 6) is -0.383. The monoisotopic (exact) mass is 331 g/mol. The summed E-state index contributed by atoms with van der Waals surface area (Å²) >= 11 is 6.92. The molecular weight excluding hydrogens is 310 g/mol. The first kappa shape index (κ1) is 18.0. The molecule has 1 heterocycles. The third-order valence-electron chi connectivity index (χ3n) is 3.31. The minimum atomic E-state index is -0.384. The number of carbonyl (C=O) groups excluding carboxylic acids is 2. The molecule has 0 aliphatic heterocycles. The molecule has 0 saturated heterocycles. The van der Waals surface area contributed by atoms with E-state index in [1.807, 2.05) is 6.92 Å². The number of rotatable bonds is 7. The summed E-state index contributed by atoms with van der Waals surface area (Å²) in [6.45, 7) is 8.29. The van der Waals surface area contributed by atoms with Crippen molar-refractivity contribution in [1.82, 2.24) is 0 Å². The zero-order valence-corrected chi connectivity index (χ0v) is 14.5. The molecule has 1 rings (SSSR count). The zero-order valence-electron chi connectivity index (χ0n) is 12.9. The molecule has 0 aliphatic carbocycles. The fourth-order valence-electron chi connectivity index (χ4n) is 1.98. The average Bonchev–Trinajstić information content (AvgIpc) is 2.74. The smallest absolute Gasteiger partial charge is 0.341 e. The topological polar surface area (TPSA) is 55.4 Å². The number of thiophene rings is 1. The molecule has 118 valence electrons. The molecule has 1 amide bonds. The van der Waals surface area contributed by atoms with Crippen LogP contribution >= 0.6 is 22.9 Å². The van der Waals surface area contributed by atoms with Crippen LogP contribution < -0.4 is 5.32 Å². The third-order valence-corrected chi connectivity index (χ3v) is 4.62. The minimum Gasteiger partial charge on any atom is -0.462 e. The highest BCUT2D eigenvalue weighted by Crippen LogP contribution is 2.35. The number of alkyl halides is 1. The first-order chi connectivity index (χ1) is 9.94. The van der Waals surface area contributed by atoms with Crippen molar-refractivity contribution in [2.24, 2.45) is 5.92 Å². The molecule has 0 spiro atoms. The van der Waals surface area contributed by atoms with E-state index in [0.717, 1.165) is 23.3 Å². The lowest BCUT2D eigenvalue weighted by molar-refractivity contribution is -0.113. The van der Waals surface area contributed by atoms with Gasteiger partial charge in [0, 0.05) is 4.88 Å². The lowest BCUT2D eigenvalue weighted by Gasteiger charge is -2.11. The van der Waals surface area contributed by atoms with Crippen molar-refractivity contribution >= 4 is 39.8 Å². The molecule has 0 aromatic carbocycles. The van der Waals surface area contributed by atoms with Crippen LogP contribution in [0, 0.1) is 12.8 Å². The Labute approximate surface area is 134 Å². The van der Waals surface area contributed by atoms with E-state index in [1.54, 1.807) is 6.92 Å². The van der Waals surface area contributed by atoms with Gasteiger partial charge in [0.2, 0.25) is 5.91 Å². The second-order valence-corrected chi connectivity index (χ2v) is 6.45. The van der Waals surface area contributed by atoms with Gasteiger partial charge in [-0.2, -0.15) is 0 Å². The summed E-state index contributed by atoms with van der Waals surface area (Å²) in [5, 5.41) is 3.24. The standard InChI is InChI=1S/C15H22ClNO3S/c1-5-9(3)7-11-10(4)21-14(17-12(18)8-16)13(11)15(19)20-6-2/h9H,5-8H2,1-4H3,(H,17,18). The summed E-state index contributed by atoms with van der Waals surface area (Å²) < 4.78 is 5.14. The highest BCUT2D eigenvalue weighted by atomic mass is 35.5. The van der Waals surface area contributed by atoms with Gasteiger partial charge in [-0.05, 0) is 31.7 Å². The van der Waals surface area contributed by atoms with Crippen LogP contribution in [0.5, 0.6) is 0 Å². The lowest BCUT2D eigenvalue weighted by Crippen LogP contribution is -2.16. The van der Waals surface area contributed by atoms with Gasteiger partial charge in [0.1, 0.15) is 10.9 Å². The highest BCUT2D eigenvalue weighted by Gasteiger charge is 2.24. The van der Waals surface area contributed by atoms with E-state index in [1.165, 1.54) is 11.3 Å². The van der Waals surface area contributed by atoms with Crippen molar-refractivity contribution in [2.75, 3.05) is 17.8 Å². The maximum atomic E-state index is 12.2. The molecule has 6 heteroatoms. The van der Waals surface area contributed by atoms with E-state index in [2.05, 4.69) is 19.2 Å². The molecule has 4 nitrogen and oxygen atoms in total. The Balaban J connectivity index is 3.21. The number of nitrogens with one attached hydrogen (secondary N) is 1. The Morgan fingerprint density at radius 1 is 1.38 bits per heavy atom. The average molecular weight is 332 g/mol. The Bertz CT molecular complexity index is 513. The second kappa shape index (κ2) is 8.39. The van der Waals surface area contributed by atoms with Gasteiger partial charge in [-0.1, -0.05) is 20.3 Å². The maximum absolute atomic E-state index is 12.2. The number of hydrogen-bond donors (Lipinski definition) is 1. The third kappa shape index (κ3) is 4.71. The molecule has 0 radical (unpaired) electrons. The van der Waals surface area contributed by atoms with Gasteiger partial charge in [-0.3, -0.25) is 4.79 Å². The predicted octanol–water partition coefficient (Wildman–Crippen LogP) is 4.00. The fraction of sp³-hybridized carbons (Fsp3) is 0.600. The van der Waals surface area contributed by atoms with Crippen molar-refractivity contribution in [3.63, 3.8) is 0 Å². The van der Waals surface area contributed by atoms with Crippen LogP contribution in [-0.2, 0) is 16.0 Å². The summed E-state index contributed by atoms with van der Waals surface area (Å²) in [4.78, 5) is 24.8. The fourth-order valence-corrected chi connectivity index (χ4v) is 3.14. The van der Waals surface area contributed by atoms with E-state index >= 15 is 0 Å². The van der Waals surface area contributed by atoms with Crippen LogP contribution in [0.4, 0.5) is 5.00 Å². The van der Waals surface area contributed by atoms with E-state index in [9.17, 15) is 9.59 Å². The van der Waals surface area contributed by atoms with Crippen LogP contribution in [0.1, 0.15) is 48.0 Å². The van der Waals surface area contributed by atoms with Crippen LogP contribution in [0.2, 0.25) is 0 Å². The van der Waals surface area contributed by atoms with E-state index < -0.39 is 0 Å². The molecule has 1 N–H and O–H groups in total. The van der Waals surface area contributed by atoms with Gasteiger partial charge in [0.25, 0.3) is 0 Å². The quantitative estimate of drug-likeness (QED) is 0.607.